The number of nitrogens with zero attached hydrogens (tertiary/aromatic N) is 2. The summed E-state index contributed by atoms with van der Waals surface area (Å²) >= 11 is 0. The fraction of sp³-hybridized carbons (Fsp3) is 0.188. The summed E-state index contributed by atoms with van der Waals surface area (Å²) in [7, 11) is 0. The Labute approximate surface area is 119 Å². The molecule has 0 amide bonds. The molecule has 0 radical (unpaired) electrons. The molecular formula is C16H13F3N2. The molecule has 0 unspecified atom stereocenters. The molecule has 108 valence electrons. The van der Waals surface area contributed by atoms with Crippen LogP contribution in [-0.4, -0.2) is 9.55 Å². The van der Waals surface area contributed by atoms with Crippen molar-refractivity contribution in [3.8, 4) is 0 Å². The van der Waals surface area contributed by atoms with Crippen LogP contribution in [0.15, 0.2) is 48.8 Å². The molecule has 0 aliphatic carbocycles. The van der Waals surface area contributed by atoms with Crippen molar-refractivity contribution in [1.29, 1.82) is 0 Å². The lowest BCUT2D eigenvalue weighted by Gasteiger charge is -2.12. The van der Waals surface area contributed by atoms with E-state index in [2.05, 4.69) is 4.98 Å². The van der Waals surface area contributed by atoms with Gasteiger partial charge in [-0.05, 0) is 36.1 Å². The maximum absolute atomic E-state index is 12.9. The zero-order valence-corrected chi connectivity index (χ0v) is 11.4. The van der Waals surface area contributed by atoms with Crippen LogP contribution in [0.5, 0.6) is 0 Å². The van der Waals surface area contributed by atoms with Gasteiger partial charge >= 0.3 is 6.18 Å². The van der Waals surface area contributed by atoms with Crippen molar-refractivity contribution in [2.24, 2.45) is 0 Å². The Hall–Kier alpha value is -2.30. The van der Waals surface area contributed by atoms with E-state index in [-0.39, 0.29) is 5.69 Å². The first kappa shape index (κ1) is 13.7. The van der Waals surface area contributed by atoms with E-state index in [4.69, 9.17) is 0 Å². The van der Waals surface area contributed by atoms with E-state index in [1.807, 2.05) is 41.1 Å². The van der Waals surface area contributed by atoms with Gasteiger partial charge < -0.3 is 4.57 Å². The summed E-state index contributed by atoms with van der Waals surface area (Å²) < 4.78 is 40.7. The lowest BCUT2D eigenvalue weighted by Crippen LogP contribution is -2.10. The monoisotopic (exact) mass is 290 g/mol. The third-order valence-electron chi connectivity index (χ3n) is 3.48. The molecule has 0 fully saturated rings. The highest BCUT2D eigenvalue weighted by Gasteiger charge is 2.33. The van der Waals surface area contributed by atoms with Crippen molar-refractivity contribution in [2.75, 3.05) is 0 Å². The van der Waals surface area contributed by atoms with Gasteiger partial charge in [0.05, 0.1) is 5.56 Å². The average Bonchev–Trinajstić information content (AvgIpc) is 2.83. The van der Waals surface area contributed by atoms with E-state index < -0.39 is 11.7 Å². The highest BCUT2D eigenvalue weighted by molar-refractivity contribution is 5.80. The molecule has 0 saturated carbocycles. The van der Waals surface area contributed by atoms with Crippen LogP contribution < -0.4 is 0 Å². The second-order valence-corrected chi connectivity index (χ2v) is 4.98. The predicted molar refractivity (Wildman–Crippen MR) is 75.0 cm³/mol. The maximum Gasteiger partial charge on any atom is 0.418 e. The van der Waals surface area contributed by atoms with Gasteiger partial charge in [-0.3, -0.25) is 4.98 Å². The summed E-state index contributed by atoms with van der Waals surface area (Å²) in [6, 6.07) is 10.9. The van der Waals surface area contributed by atoms with Crippen LogP contribution in [0, 0.1) is 6.92 Å². The highest BCUT2D eigenvalue weighted by atomic mass is 19.4. The Balaban J connectivity index is 1.99. The van der Waals surface area contributed by atoms with Gasteiger partial charge in [0, 0.05) is 30.1 Å². The summed E-state index contributed by atoms with van der Waals surface area (Å²) in [5.41, 5.74) is 0.862. The molecule has 3 aromatic rings. The molecule has 0 saturated heterocycles. The van der Waals surface area contributed by atoms with Crippen molar-refractivity contribution < 1.29 is 13.2 Å². The topological polar surface area (TPSA) is 17.8 Å². The molecule has 0 spiro atoms. The van der Waals surface area contributed by atoms with Crippen molar-refractivity contribution in [3.63, 3.8) is 0 Å². The number of hydrogen-bond acceptors (Lipinski definition) is 1. The van der Waals surface area contributed by atoms with E-state index in [0.29, 0.717) is 12.1 Å². The summed E-state index contributed by atoms with van der Waals surface area (Å²) in [5.74, 6) is 0. The number of aryl methyl sites for hydroxylation is 1. The van der Waals surface area contributed by atoms with Crippen LogP contribution in [0.1, 0.15) is 16.8 Å². The maximum atomic E-state index is 12.9. The summed E-state index contributed by atoms with van der Waals surface area (Å²) in [5, 5.41) is 1.06. The minimum atomic E-state index is -4.37. The van der Waals surface area contributed by atoms with E-state index in [1.54, 1.807) is 0 Å². The fourth-order valence-electron chi connectivity index (χ4n) is 2.42. The van der Waals surface area contributed by atoms with Gasteiger partial charge in [0.2, 0.25) is 0 Å². The van der Waals surface area contributed by atoms with E-state index in [0.717, 1.165) is 10.9 Å². The summed E-state index contributed by atoms with van der Waals surface area (Å²) in [6.07, 6.45) is -0.997. The normalized spacial score (nSPS) is 12.0. The first-order valence-electron chi connectivity index (χ1n) is 6.52. The molecular weight excluding hydrogens is 277 g/mol. The van der Waals surface area contributed by atoms with Crippen LogP contribution in [0.4, 0.5) is 13.2 Å². The Morgan fingerprint density at radius 1 is 1.14 bits per heavy atom. The molecule has 0 atom stereocenters. The van der Waals surface area contributed by atoms with Crippen LogP contribution in [-0.2, 0) is 12.7 Å². The zero-order chi connectivity index (χ0) is 15.0. The lowest BCUT2D eigenvalue weighted by atomic mass is 10.1. The molecule has 21 heavy (non-hydrogen) atoms. The van der Waals surface area contributed by atoms with Gasteiger partial charge in [-0.2, -0.15) is 13.2 Å². The van der Waals surface area contributed by atoms with Gasteiger partial charge in [0.1, 0.15) is 0 Å². The molecule has 5 heteroatoms. The quantitative estimate of drug-likeness (QED) is 0.683. The van der Waals surface area contributed by atoms with E-state index in [1.165, 1.54) is 19.2 Å². The van der Waals surface area contributed by atoms with Crippen molar-refractivity contribution in [1.82, 2.24) is 9.55 Å². The van der Waals surface area contributed by atoms with Crippen molar-refractivity contribution in [3.05, 3.63) is 65.6 Å². The van der Waals surface area contributed by atoms with Crippen molar-refractivity contribution >= 4 is 10.9 Å². The highest BCUT2D eigenvalue weighted by Crippen LogP contribution is 2.31. The lowest BCUT2D eigenvalue weighted by molar-refractivity contribution is -0.138. The molecule has 0 bridgehead atoms. The first-order chi connectivity index (χ1) is 9.95. The molecule has 3 rings (SSSR count). The van der Waals surface area contributed by atoms with Gasteiger partial charge in [0.25, 0.3) is 0 Å². The molecule has 2 heterocycles. The van der Waals surface area contributed by atoms with Gasteiger partial charge in [-0.1, -0.05) is 18.2 Å². The number of aromatic nitrogens is 2. The van der Waals surface area contributed by atoms with Crippen LogP contribution in [0.2, 0.25) is 0 Å². The number of pyridine rings is 1. The number of benzene rings is 1. The SMILES string of the molecule is Cc1ncc(Cn2ccc3ccccc32)cc1C(F)(F)F. The van der Waals surface area contributed by atoms with Crippen LogP contribution >= 0.6 is 0 Å². The van der Waals surface area contributed by atoms with E-state index >= 15 is 0 Å². The molecule has 2 aromatic heterocycles. The fourth-order valence-corrected chi connectivity index (χ4v) is 2.42. The number of rotatable bonds is 2. The minimum Gasteiger partial charge on any atom is -0.343 e. The number of fused-ring (bicyclic) bond motifs is 1. The standard InChI is InChI=1S/C16H13F3N2/c1-11-14(16(17,18)19)8-12(9-20-11)10-21-7-6-13-4-2-3-5-15(13)21/h2-9H,10H2,1H3. The number of hydrogen-bond donors (Lipinski definition) is 0. The van der Waals surface area contributed by atoms with Gasteiger partial charge in [-0.15, -0.1) is 0 Å². The Morgan fingerprint density at radius 3 is 2.67 bits per heavy atom. The van der Waals surface area contributed by atoms with E-state index in [9.17, 15) is 13.2 Å². The molecule has 0 aliphatic rings. The Kier molecular flexibility index (Phi) is 3.20. The van der Waals surface area contributed by atoms with Gasteiger partial charge in [0.15, 0.2) is 0 Å². The molecule has 0 N–H and O–H groups in total. The average molecular weight is 290 g/mol. The van der Waals surface area contributed by atoms with Crippen molar-refractivity contribution in [2.45, 2.75) is 19.6 Å². The Bertz CT molecular complexity index is 788. The summed E-state index contributed by atoms with van der Waals surface area (Å²) in [6.45, 7) is 1.74. The first-order valence-corrected chi connectivity index (χ1v) is 6.52. The Morgan fingerprint density at radius 2 is 1.90 bits per heavy atom. The van der Waals surface area contributed by atoms with Crippen LogP contribution in [0.3, 0.4) is 0 Å². The minimum absolute atomic E-state index is 0.00335. The second-order valence-electron chi connectivity index (χ2n) is 4.98. The molecule has 0 aliphatic heterocycles. The number of halogens is 3. The third kappa shape index (κ3) is 2.63. The second kappa shape index (κ2) is 4.91. The molecule has 2 nitrogen and oxygen atoms in total. The predicted octanol–water partition coefficient (Wildman–Crippen LogP) is 4.41. The third-order valence-corrected chi connectivity index (χ3v) is 3.48. The summed E-state index contributed by atoms with van der Waals surface area (Å²) in [4.78, 5) is 3.87. The smallest absolute Gasteiger partial charge is 0.343 e. The van der Waals surface area contributed by atoms with Gasteiger partial charge in [-0.25, -0.2) is 0 Å². The largest absolute Gasteiger partial charge is 0.418 e. The van der Waals surface area contributed by atoms with Crippen LogP contribution in [0.25, 0.3) is 10.9 Å². The number of alkyl halides is 3. The zero-order valence-electron chi connectivity index (χ0n) is 11.4. The number of para-hydroxylation sites is 1. The molecule has 1 aromatic carbocycles.